The van der Waals surface area contributed by atoms with Crippen molar-refractivity contribution in [3.8, 4) is 0 Å². The van der Waals surface area contributed by atoms with Crippen molar-refractivity contribution in [2.75, 3.05) is 19.3 Å². The summed E-state index contributed by atoms with van der Waals surface area (Å²) in [7, 11) is 0. The SMILES string of the molecule is C1CCCNCC1.CS. The van der Waals surface area contributed by atoms with Gasteiger partial charge in [-0.2, -0.15) is 12.6 Å². The van der Waals surface area contributed by atoms with E-state index in [0.717, 1.165) is 0 Å². The molecule has 1 fully saturated rings. The van der Waals surface area contributed by atoms with E-state index in [9.17, 15) is 0 Å². The summed E-state index contributed by atoms with van der Waals surface area (Å²) in [5.74, 6) is 0. The summed E-state index contributed by atoms with van der Waals surface area (Å²) < 4.78 is 0. The lowest BCUT2D eigenvalue weighted by atomic mass is 10.2. The lowest BCUT2D eigenvalue weighted by Gasteiger charge is -1.91. The number of thiol groups is 1. The Balaban J connectivity index is 0.000000291. The van der Waals surface area contributed by atoms with Crippen LogP contribution in [0.1, 0.15) is 25.7 Å². The molecule has 1 saturated heterocycles. The predicted molar refractivity (Wildman–Crippen MR) is 46.2 cm³/mol. The van der Waals surface area contributed by atoms with Crippen LogP contribution in [-0.4, -0.2) is 19.3 Å². The highest BCUT2D eigenvalue weighted by atomic mass is 32.1. The first-order valence-corrected chi connectivity index (χ1v) is 4.55. The molecule has 0 aromatic carbocycles. The second-order valence-corrected chi connectivity index (χ2v) is 2.16. The summed E-state index contributed by atoms with van der Waals surface area (Å²) >= 11 is 3.53. The fourth-order valence-corrected chi connectivity index (χ4v) is 0.979. The quantitative estimate of drug-likeness (QED) is 0.497. The average Bonchev–Trinajstić information content (AvgIpc) is 2.21. The second-order valence-electron chi connectivity index (χ2n) is 2.16. The van der Waals surface area contributed by atoms with Gasteiger partial charge < -0.3 is 5.32 Å². The third kappa shape index (κ3) is 6.19. The van der Waals surface area contributed by atoms with E-state index in [-0.39, 0.29) is 0 Å². The number of hydrogen-bond acceptors (Lipinski definition) is 2. The molecule has 0 unspecified atom stereocenters. The van der Waals surface area contributed by atoms with Crippen molar-refractivity contribution in [1.82, 2.24) is 5.32 Å². The molecule has 1 aliphatic heterocycles. The van der Waals surface area contributed by atoms with Gasteiger partial charge in [0.15, 0.2) is 0 Å². The maximum atomic E-state index is 3.53. The van der Waals surface area contributed by atoms with Gasteiger partial charge in [0, 0.05) is 0 Å². The molecule has 0 amide bonds. The van der Waals surface area contributed by atoms with E-state index in [4.69, 9.17) is 0 Å². The third-order valence-electron chi connectivity index (χ3n) is 1.46. The molecular weight excluding hydrogens is 130 g/mol. The Kier molecular flexibility index (Phi) is 8.60. The molecule has 0 saturated carbocycles. The fraction of sp³-hybridized carbons (Fsp3) is 1.00. The Morgan fingerprint density at radius 2 is 1.33 bits per heavy atom. The molecule has 0 aromatic heterocycles. The van der Waals surface area contributed by atoms with E-state index in [0.29, 0.717) is 0 Å². The van der Waals surface area contributed by atoms with Crippen molar-refractivity contribution < 1.29 is 0 Å². The minimum absolute atomic E-state index is 1.25. The van der Waals surface area contributed by atoms with Gasteiger partial charge in [-0.3, -0.25) is 0 Å². The zero-order valence-electron chi connectivity index (χ0n) is 6.19. The van der Waals surface area contributed by atoms with Crippen LogP contribution in [0.15, 0.2) is 0 Å². The summed E-state index contributed by atoms with van der Waals surface area (Å²) in [6.45, 7) is 2.50. The van der Waals surface area contributed by atoms with E-state index in [2.05, 4.69) is 17.9 Å². The molecule has 1 nitrogen and oxygen atoms in total. The number of hydrogen-bond donors (Lipinski definition) is 2. The smallest absolute Gasteiger partial charge is 0.00489 e. The van der Waals surface area contributed by atoms with Gasteiger partial charge in [0.05, 0.1) is 0 Å². The molecule has 0 radical (unpaired) electrons. The van der Waals surface area contributed by atoms with Crippen LogP contribution >= 0.6 is 12.6 Å². The van der Waals surface area contributed by atoms with Crippen LogP contribution in [0.2, 0.25) is 0 Å². The van der Waals surface area contributed by atoms with Crippen molar-refractivity contribution in [3.63, 3.8) is 0 Å². The van der Waals surface area contributed by atoms with E-state index >= 15 is 0 Å². The van der Waals surface area contributed by atoms with Crippen molar-refractivity contribution in [2.24, 2.45) is 0 Å². The van der Waals surface area contributed by atoms with Gasteiger partial charge in [-0.05, 0) is 32.2 Å². The molecule has 1 rings (SSSR count). The Hall–Kier alpha value is 0.310. The first-order chi connectivity index (χ1) is 4.50. The Morgan fingerprint density at radius 3 is 1.78 bits per heavy atom. The van der Waals surface area contributed by atoms with Gasteiger partial charge in [0.2, 0.25) is 0 Å². The highest BCUT2D eigenvalue weighted by Gasteiger charge is 1.94. The summed E-state index contributed by atoms with van der Waals surface area (Å²) in [4.78, 5) is 0. The zero-order valence-corrected chi connectivity index (χ0v) is 7.08. The van der Waals surface area contributed by atoms with Crippen molar-refractivity contribution in [2.45, 2.75) is 25.7 Å². The highest BCUT2D eigenvalue weighted by molar-refractivity contribution is 7.79. The van der Waals surface area contributed by atoms with Crippen LogP contribution in [-0.2, 0) is 0 Å². The van der Waals surface area contributed by atoms with E-state index in [1.165, 1.54) is 38.8 Å². The van der Waals surface area contributed by atoms with Crippen molar-refractivity contribution >= 4 is 12.6 Å². The number of nitrogens with one attached hydrogen (secondary N) is 1. The predicted octanol–water partition coefficient (Wildman–Crippen LogP) is 1.70. The van der Waals surface area contributed by atoms with E-state index in [1.807, 2.05) is 0 Å². The normalized spacial score (nSPS) is 19.3. The molecule has 0 aliphatic carbocycles. The van der Waals surface area contributed by atoms with E-state index < -0.39 is 0 Å². The lowest BCUT2D eigenvalue weighted by Crippen LogP contribution is -2.12. The van der Waals surface area contributed by atoms with Crippen LogP contribution in [0.25, 0.3) is 0 Å². The Morgan fingerprint density at radius 1 is 0.889 bits per heavy atom. The topological polar surface area (TPSA) is 12.0 Å². The van der Waals surface area contributed by atoms with Gasteiger partial charge in [-0.25, -0.2) is 0 Å². The summed E-state index contributed by atoms with van der Waals surface area (Å²) in [6.07, 6.45) is 7.35. The molecule has 0 spiro atoms. The monoisotopic (exact) mass is 147 g/mol. The standard InChI is InChI=1S/C6H13N.CH4S/c1-2-4-6-7-5-3-1;1-2/h7H,1-6H2;2H,1H3. The minimum atomic E-state index is 1.25. The average molecular weight is 147 g/mol. The van der Waals surface area contributed by atoms with Gasteiger partial charge in [0.25, 0.3) is 0 Å². The summed E-state index contributed by atoms with van der Waals surface area (Å²) in [6, 6.07) is 0. The molecular formula is C7H17NS. The molecule has 1 N–H and O–H groups in total. The highest BCUT2D eigenvalue weighted by Crippen LogP contribution is 2.00. The van der Waals surface area contributed by atoms with Crippen LogP contribution in [0, 0.1) is 0 Å². The fourth-order valence-electron chi connectivity index (χ4n) is 0.979. The second kappa shape index (κ2) is 8.31. The lowest BCUT2D eigenvalue weighted by molar-refractivity contribution is 0.702. The number of rotatable bonds is 0. The Labute approximate surface area is 63.6 Å². The van der Waals surface area contributed by atoms with Gasteiger partial charge in [-0.1, -0.05) is 12.8 Å². The molecule has 0 aromatic rings. The van der Waals surface area contributed by atoms with Gasteiger partial charge >= 0.3 is 0 Å². The first kappa shape index (κ1) is 9.31. The molecule has 0 atom stereocenters. The van der Waals surface area contributed by atoms with Crippen LogP contribution < -0.4 is 5.32 Å². The molecule has 0 bridgehead atoms. The molecule has 56 valence electrons. The van der Waals surface area contributed by atoms with Crippen LogP contribution in [0.3, 0.4) is 0 Å². The molecule has 1 heterocycles. The zero-order chi connectivity index (χ0) is 6.95. The first-order valence-electron chi connectivity index (χ1n) is 3.65. The molecule has 9 heavy (non-hydrogen) atoms. The van der Waals surface area contributed by atoms with Gasteiger partial charge in [-0.15, -0.1) is 0 Å². The third-order valence-corrected chi connectivity index (χ3v) is 1.46. The Bertz CT molecular complexity index is 28.5. The van der Waals surface area contributed by atoms with Crippen LogP contribution in [0.5, 0.6) is 0 Å². The van der Waals surface area contributed by atoms with Crippen molar-refractivity contribution in [3.05, 3.63) is 0 Å². The maximum absolute atomic E-state index is 3.53. The van der Waals surface area contributed by atoms with E-state index in [1.54, 1.807) is 6.26 Å². The maximum Gasteiger partial charge on any atom is -0.00489 e. The van der Waals surface area contributed by atoms with Crippen molar-refractivity contribution in [1.29, 1.82) is 0 Å². The molecule has 1 aliphatic rings. The van der Waals surface area contributed by atoms with Gasteiger partial charge in [0.1, 0.15) is 0 Å². The molecule has 2 heteroatoms. The summed E-state index contributed by atoms with van der Waals surface area (Å²) in [5.41, 5.74) is 0. The van der Waals surface area contributed by atoms with Crippen LogP contribution in [0.4, 0.5) is 0 Å². The largest absolute Gasteiger partial charge is 0.317 e. The summed E-state index contributed by atoms with van der Waals surface area (Å²) in [5, 5.41) is 3.35. The minimum Gasteiger partial charge on any atom is -0.317 e.